The van der Waals surface area contributed by atoms with E-state index in [-0.39, 0.29) is 39.9 Å². The van der Waals surface area contributed by atoms with Crippen LogP contribution >= 0.6 is 0 Å². The number of phenols is 2. The van der Waals surface area contributed by atoms with Crippen LogP contribution < -0.4 is 17.0 Å². The molecule has 1 heterocycles. The van der Waals surface area contributed by atoms with E-state index in [0.717, 1.165) is 108 Å². The van der Waals surface area contributed by atoms with Crippen molar-refractivity contribution >= 4 is 12.4 Å². The Kier molecular flexibility index (Phi) is 14.5. The third-order valence-corrected chi connectivity index (χ3v) is 16.4. The Hall–Kier alpha value is -6.31. The topological polar surface area (TPSA) is 46.5 Å². The van der Waals surface area contributed by atoms with Gasteiger partial charge in [-0.2, -0.15) is 0 Å². The fraction of sp³-hybridized carbons (Fsp3) is 0.242. The molecular formula is C66H66BrCoN2O2+. The van der Waals surface area contributed by atoms with E-state index in [2.05, 4.69) is 267 Å². The smallest absolute Gasteiger partial charge is 1.00 e. The van der Waals surface area contributed by atoms with E-state index in [1.165, 1.54) is 0 Å². The molecule has 72 heavy (non-hydrogen) atoms. The Morgan fingerprint density at radius 2 is 0.639 bits per heavy atom. The predicted octanol–water partition coefficient (Wildman–Crippen LogP) is 11.3. The molecule has 6 heteroatoms. The van der Waals surface area contributed by atoms with Crippen molar-refractivity contribution in [3.63, 3.8) is 0 Å². The SMILES string of the molecule is CC(C)(C)c1cc(C(c2ccccc2)(c2ccccc2)c2ccccc2)cc(C=[N+]2[Co][N+](=Cc3cc(C(c4ccccc4)(c4ccccc4)c4ccccc4)cc(C(C)(C)C)c3O)[C@@H]3CCCC[C@H]32)c1O.[Br-]. The fourth-order valence-electron chi connectivity index (χ4n) is 11.5. The monoisotopic (exact) mass is 1060 g/mol. The van der Waals surface area contributed by atoms with E-state index < -0.39 is 10.8 Å². The van der Waals surface area contributed by atoms with Gasteiger partial charge in [-0.3, -0.25) is 0 Å². The van der Waals surface area contributed by atoms with Crippen molar-refractivity contribution in [1.29, 1.82) is 0 Å². The summed E-state index contributed by atoms with van der Waals surface area (Å²) in [6.45, 7) is 13.2. The third-order valence-electron chi connectivity index (χ3n) is 15.0. The van der Waals surface area contributed by atoms with Crippen molar-refractivity contribution in [3.8, 4) is 11.5 Å². The maximum absolute atomic E-state index is 12.6. The molecule has 1 aliphatic heterocycles. The molecular weight excluding hydrogens is 992 g/mol. The minimum Gasteiger partial charge on any atom is -1.00 e. The Morgan fingerprint density at radius 1 is 0.389 bits per heavy atom. The first kappa shape index (κ1) is 50.6. The fourth-order valence-corrected chi connectivity index (χ4v) is 13.2. The van der Waals surface area contributed by atoms with E-state index in [9.17, 15) is 10.2 Å². The number of phenolic OH excluding ortho intramolecular Hbond substituents is 2. The van der Waals surface area contributed by atoms with E-state index in [1.54, 1.807) is 0 Å². The van der Waals surface area contributed by atoms with E-state index in [4.69, 9.17) is 0 Å². The van der Waals surface area contributed by atoms with Crippen LogP contribution in [-0.2, 0) is 36.8 Å². The molecule has 8 aromatic rings. The summed E-state index contributed by atoms with van der Waals surface area (Å²) >= 11 is 1.02. The van der Waals surface area contributed by atoms with Crippen molar-refractivity contribution in [2.24, 2.45) is 0 Å². The number of hydrogen-bond donors (Lipinski definition) is 2. The quantitative estimate of drug-likeness (QED) is 0.134. The van der Waals surface area contributed by atoms with Gasteiger partial charge in [0, 0.05) is 0 Å². The van der Waals surface area contributed by atoms with Crippen LogP contribution in [0.5, 0.6) is 11.5 Å². The molecule has 2 fully saturated rings. The Labute approximate surface area is 444 Å². The Bertz CT molecular complexity index is 2790. The minimum absolute atomic E-state index is 0. The van der Waals surface area contributed by atoms with Crippen LogP contribution in [0.4, 0.5) is 0 Å². The second-order valence-electron chi connectivity index (χ2n) is 21.5. The maximum atomic E-state index is 12.6. The zero-order valence-electron chi connectivity index (χ0n) is 42.3. The number of nitrogens with zero attached hydrogens (tertiary/aromatic N) is 2. The van der Waals surface area contributed by atoms with Gasteiger partial charge in [0.05, 0.1) is 0 Å². The van der Waals surface area contributed by atoms with E-state index >= 15 is 0 Å². The summed E-state index contributed by atoms with van der Waals surface area (Å²) in [4.78, 5) is 0. The molecule has 2 aliphatic rings. The van der Waals surface area contributed by atoms with Crippen LogP contribution in [0.3, 0.4) is 0 Å². The van der Waals surface area contributed by atoms with Gasteiger partial charge in [-0.15, -0.1) is 0 Å². The Morgan fingerprint density at radius 3 is 0.875 bits per heavy atom. The van der Waals surface area contributed by atoms with Gasteiger partial charge in [0.2, 0.25) is 0 Å². The molecule has 4 nitrogen and oxygen atoms in total. The number of halogens is 1. The van der Waals surface area contributed by atoms with Crippen molar-refractivity contribution in [2.75, 3.05) is 0 Å². The van der Waals surface area contributed by atoms with Crippen LogP contribution in [0, 0.1) is 0 Å². The Balaban J connectivity index is 0.00000640. The van der Waals surface area contributed by atoms with Gasteiger partial charge in [-0.1, -0.05) is 0 Å². The standard InChI is InChI=1S/C66H66N2O2.BrH.Co/c1-63(2,3)57-43-55(65(49-27-13-7-14-28-49,50-29-15-8-16-30-50)51-31-17-9-18-32-51)41-47(61(57)69)45-67-59-39-25-26-40-60(59)68-46-48-42-56(44-58(62(48)70)64(4,5)6)66(52-33-19-10-20-34-52,53-35-21-11-22-36-53)54-37-23-12-24-38-54;;/h7-24,27-38,41-46,59-60,69-70H,25-26,39-40H2,1-6H3;1H;/q;;+2/p-1/t59-,60-;;/m1../s1. The number of benzene rings is 8. The van der Waals surface area contributed by atoms with Crippen LogP contribution in [-0.4, -0.2) is 42.0 Å². The summed E-state index contributed by atoms with van der Waals surface area (Å²) in [6.07, 6.45) is 8.80. The van der Waals surface area contributed by atoms with E-state index in [1.807, 2.05) is 0 Å². The molecule has 8 aromatic carbocycles. The van der Waals surface area contributed by atoms with Gasteiger partial charge >= 0.3 is 431 Å². The third kappa shape index (κ3) is 9.23. The largest absolute Gasteiger partial charge is 1.00 e. The molecule has 0 spiro atoms. The molecule has 1 aliphatic carbocycles. The van der Waals surface area contributed by atoms with Crippen molar-refractivity contribution in [2.45, 2.75) is 101 Å². The predicted molar refractivity (Wildman–Crippen MR) is 287 cm³/mol. The molecule has 10 rings (SSSR count). The first-order valence-electron chi connectivity index (χ1n) is 25.3. The summed E-state index contributed by atoms with van der Waals surface area (Å²) < 4.78 is 4.90. The van der Waals surface area contributed by atoms with Crippen molar-refractivity contribution < 1.29 is 49.6 Å². The summed E-state index contributed by atoms with van der Waals surface area (Å²) in [5, 5.41) is 25.2. The zero-order chi connectivity index (χ0) is 49.4. The van der Waals surface area contributed by atoms with Crippen molar-refractivity contribution in [3.05, 3.63) is 273 Å². The van der Waals surface area contributed by atoms with Crippen LogP contribution in [0.2, 0.25) is 0 Å². The number of aromatic hydroxyl groups is 2. The summed E-state index contributed by atoms with van der Waals surface area (Å²) in [5.41, 5.74) is 10.5. The second-order valence-corrected chi connectivity index (χ2v) is 22.8. The average Bonchev–Trinajstić information content (AvgIpc) is 3.73. The maximum Gasteiger partial charge on any atom is -1.00 e. The van der Waals surface area contributed by atoms with E-state index in [0.29, 0.717) is 11.5 Å². The molecule has 2 atom stereocenters. The van der Waals surface area contributed by atoms with Gasteiger partial charge in [-0.05, 0) is 0 Å². The summed E-state index contributed by atoms with van der Waals surface area (Å²) in [7, 11) is 0. The number of hydrogen-bond acceptors (Lipinski definition) is 2. The van der Waals surface area contributed by atoms with Crippen LogP contribution in [0.25, 0.3) is 0 Å². The summed E-state index contributed by atoms with van der Waals surface area (Å²) in [5.74, 6) is 0.626. The first-order valence-corrected chi connectivity index (χ1v) is 26.2. The van der Waals surface area contributed by atoms with Gasteiger partial charge in [-0.25, -0.2) is 0 Å². The molecule has 0 bridgehead atoms. The summed E-state index contributed by atoms with van der Waals surface area (Å²) in [6, 6.07) is 74.4. The molecule has 0 unspecified atom stereocenters. The molecule has 0 radical (unpaired) electrons. The molecule has 1 saturated carbocycles. The number of fused-ring (bicyclic) bond motifs is 1. The van der Waals surface area contributed by atoms with Gasteiger partial charge in [0.1, 0.15) is 0 Å². The zero-order valence-corrected chi connectivity index (χ0v) is 44.9. The molecule has 0 amide bonds. The van der Waals surface area contributed by atoms with Gasteiger partial charge in [0.25, 0.3) is 0 Å². The normalized spacial score (nSPS) is 17.5. The minimum atomic E-state index is -0.683. The second kappa shape index (κ2) is 20.7. The van der Waals surface area contributed by atoms with Crippen molar-refractivity contribution in [1.82, 2.24) is 0 Å². The molecule has 0 aromatic heterocycles. The van der Waals surface area contributed by atoms with Gasteiger partial charge in [0.15, 0.2) is 0 Å². The van der Waals surface area contributed by atoms with Crippen LogP contribution in [0.15, 0.2) is 206 Å². The van der Waals surface area contributed by atoms with Crippen LogP contribution in [0.1, 0.15) is 134 Å². The first-order chi connectivity index (χ1) is 34.3. The van der Waals surface area contributed by atoms with Gasteiger partial charge < -0.3 is 17.0 Å². The molecule has 2 N–H and O–H groups in total. The molecule has 1 saturated heterocycles. The molecule has 367 valence electrons. The average molecular weight is 1060 g/mol. The number of rotatable bonds is 10.